The van der Waals surface area contributed by atoms with Gasteiger partial charge < -0.3 is 15.8 Å². The lowest BCUT2D eigenvalue weighted by molar-refractivity contribution is -0.119. The molecule has 0 aliphatic carbocycles. The Labute approximate surface area is 124 Å². The molecule has 0 radical (unpaired) electrons. The van der Waals surface area contributed by atoms with Gasteiger partial charge in [-0.05, 0) is 25.0 Å². The number of methoxy groups -OCH3 is 1. The number of primary amides is 1. The van der Waals surface area contributed by atoms with Gasteiger partial charge in [0.05, 0.1) is 24.9 Å². The lowest BCUT2D eigenvalue weighted by atomic mass is 10.0. The summed E-state index contributed by atoms with van der Waals surface area (Å²) < 4.78 is 5.20. The van der Waals surface area contributed by atoms with Crippen LogP contribution in [0.25, 0.3) is 0 Å². The summed E-state index contributed by atoms with van der Waals surface area (Å²) in [5.74, 6) is 0.434. The Morgan fingerprint density at radius 1 is 1.52 bits per heavy atom. The van der Waals surface area contributed by atoms with E-state index in [-0.39, 0.29) is 11.9 Å². The van der Waals surface area contributed by atoms with Crippen molar-refractivity contribution >= 4 is 11.6 Å². The molecule has 0 spiro atoms. The van der Waals surface area contributed by atoms with Crippen molar-refractivity contribution in [2.45, 2.75) is 18.9 Å². The zero-order valence-corrected chi connectivity index (χ0v) is 12.1. The van der Waals surface area contributed by atoms with E-state index in [0.717, 1.165) is 37.4 Å². The molecule has 1 aromatic rings. The van der Waals surface area contributed by atoms with Crippen molar-refractivity contribution in [3.05, 3.63) is 23.8 Å². The van der Waals surface area contributed by atoms with Gasteiger partial charge in [-0.2, -0.15) is 5.26 Å². The number of rotatable bonds is 5. The Bertz CT molecular complexity index is 545. The topological polar surface area (TPSA) is 91.4 Å². The lowest BCUT2D eigenvalue weighted by Crippen LogP contribution is -2.43. The Morgan fingerprint density at radius 2 is 2.24 bits per heavy atom. The van der Waals surface area contributed by atoms with E-state index in [1.54, 1.807) is 19.2 Å². The molecule has 6 heteroatoms. The number of piperidine rings is 1. The zero-order chi connectivity index (χ0) is 15.2. The number of hydrogen-bond donors (Lipinski definition) is 2. The Hall–Kier alpha value is -2.26. The molecule has 1 fully saturated rings. The number of nitrogens with zero attached hydrogens (tertiary/aromatic N) is 2. The van der Waals surface area contributed by atoms with Crippen molar-refractivity contribution in [2.75, 3.05) is 32.1 Å². The predicted molar refractivity (Wildman–Crippen MR) is 80.0 cm³/mol. The molecule has 1 heterocycles. The molecule has 1 aromatic carbocycles. The number of benzene rings is 1. The van der Waals surface area contributed by atoms with Crippen LogP contribution in [0.4, 0.5) is 5.69 Å². The van der Waals surface area contributed by atoms with E-state index in [0.29, 0.717) is 12.1 Å². The van der Waals surface area contributed by atoms with Gasteiger partial charge in [-0.15, -0.1) is 0 Å². The average molecular weight is 288 g/mol. The summed E-state index contributed by atoms with van der Waals surface area (Å²) in [4.78, 5) is 13.0. The van der Waals surface area contributed by atoms with Crippen LogP contribution in [0.5, 0.6) is 5.75 Å². The number of ether oxygens (including phenoxy) is 1. The number of nitrogens with two attached hydrogens (primary N) is 1. The highest BCUT2D eigenvalue weighted by Gasteiger charge is 2.20. The van der Waals surface area contributed by atoms with Crippen LogP contribution in [-0.2, 0) is 4.79 Å². The fourth-order valence-electron chi connectivity index (χ4n) is 2.54. The number of nitrogens with one attached hydrogen (secondary N) is 1. The second kappa shape index (κ2) is 6.95. The molecule has 0 atom stereocenters. The summed E-state index contributed by atoms with van der Waals surface area (Å²) in [6.45, 7) is 1.97. The van der Waals surface area contributed by atoms with E-state index in [4.69, 9.17) is 15.7 Å². The molecular weight excluding hydrogens is 268 g/mol. The molecule has 0 saturated carbocycles. The lowest BCUT2D eigenvalue weighted by Gasteiger charge is -2.32. The summed E-state index contributed by atoms with van der Waals surface area (Å²) in [7, 11) is 1.60. The van der Waals surface area contributed by atoms with Gasteiger partial charge in [0.15, 0.2) is 0 Å². The highest BCUT2D eigenvalue weighted by molar-refractivity contribution is 5.75. The van der Waals surface area contributed by atoms with Gasteiger partial charge in [-0.3, -0.25) is 9.69 Å². The minimum Gasteiger partial charge on any atom is -0.497 e. The van der Waals surface area contributed by atoms with E-state index >= 15 is 0 Å². The quantitative estimate of drug-likeness (QED) is 0.841. The monoisotopic (exact) mass is 288 g/mol. The average Bonchev–Trinajstić information content (AvgIpc) is 2.48. The molecule has 1 aliphatic rings. The predicted octanol–water partition coefficient (Wildman–Crippen LogP) is 0.928. The van der Waals surface area contributed by atoms with Gasteiger partial charge >= 0.3 is 0 Å². The number of hydrogen-bond acceptors (Lipinski definition) is 5. The van der Waals surface area contributed by atoms with Crippen molar-refractivity contribution in [3.8, 4) is 11.8 Å². The number of carbonyl (C=O) groups is 1. The second-order valence-corrected chi connectivity index (χ2v) is 5.18. The van der Waals surface area contributed by atoms with E-state index in [2.05, 4.69) is 16.3 Å². The van der Waals surface area contributed by atoms with Gasteiger partial charge in [-0.1, -0.05) is 0 Å². The van der Waals surface area contributed by atoms with Crippen LogP contribution < -0.4 is 15.8 Å². The number of carbonyl (C=O) groups excluding carboxylic acids is 1. The summed E-state index contributed by atoms with van der Waals surface area (Å²) in [5, 5.41) is 12.6. The third-order valence-electron chi connectivity index (χ3n) is 3.67. The minimum absolute atomic E-state index is 0.285. The largest absolute Gasteiger partial charge is 0.497 e. The van der Waals surface area contributed by atoms with Crippen molar-refractivity contribution in [3.63, 3.8) is 0 Å². The number of nitriles is 1. The van der Waals surface area contributed by atoms with Crippen molar-refractivity contribution in [2.24, 2.45) is 5.73 Å². The first-order chi connectivity index (χ1) is 10.1. The normalized spacial score (nSPS) is 16.2. The highest BCUT2D eigenvalue weighted by Crippen LogP contribution is 2.24. The molecule has 112 valence electrons. The molecule has 3 N–H and O–H groups in total. The van der Waals surface area contributed by atoms with Gasteiger partial charge in [0, 0.05) is 25.2 Å². The molecule has 2 rings (SSSR count). The van der Waals surface area contributed by atoms with Crippen LogP contribution >= 0.6 is 0 Å². The van der Waals surface area contributed by atoms with Crippen molar-refractivity contribution in [1.29, 1.82) is 5.26 Å². The second-order valence-electron chi connectivity index (χ2n) is 5.18. The van der Waals surface area contributed by atoms with Crippen LogP contribution in [0.2, 0.25) is 0 Å². The minimum atomic E-state index is -0.291. The molecule has 1 aliphatic heterocycles. The summed E-state index contributed by atoms with van der Waals surface area (Å²) in [5.41, 5.74) is 6.61. The van der Waals surface area contributed by atoms with Crippen LogP contribution in [-0.4, -0.2) is 43.6 Å². The first kappa shape index (κ1) is 15.1. The van der Waals surface area contributed by atoms with E-state index in [9.17, 15) is 4.79 Å². The Kier molecular flexibility index (Phi) is 5.01. The fourth-order valence-corrected chi connectivity index (χ4v) is 2.54. The molecule has 21 heavy (non-hydrogen) atoms. The Balaban J connectivity index is 1.97. The maximum Gasteiger partial charge on any atom is 0.231 e. The smallest absolute Gasteiger partial charge is 0.231 e. The van der Waals surface area contributed by atoms with E-state index in [1.807, 2.05) is 6.07 Å². The standard InChI is InChI=1S/C15H20N4O2/c1-21-13-3-2-11(9-16)14(8-13)18-12-4-6-19(7-5-12)10-15(17)20/h2-3,8,12,18H,4-7,10H2,1H3,(H2,17,20). The van der Waals surface area contributed by atoms with E-state index in [1.165, 1.54) is 0 Å². The van der Waals surface area contributed by atoms with Crippen molar-refractivity contribution in [1.82, 2.24) is 4.90 Å². The number of amides is 1. The van der Waals surface area contributed by atoms with Crippen molar-refractivity contribution < 1.29 is 9.53 Å². The fraction of sp³-hybridized carbons (Fsp3) is 0.467. The molecular formula is C15H20N4O2. The molecule has 0 bridgehead atoms. The van der Waals surface area contributed by atoms with Crippen LogP contribution in [0.1, 0.15) is 18.4 Å². The summed E-state index contributed by atoms with van der Waals surface area (Å²) >= 11 is 0. The van der Waals surface area contributed by atoms with Gasteiger partial charge in [0.25, 0.3) is 0 Å². The molecule has 1 amide bonds. The SMILES string of the molecule is COc1ccc(C#N)c(NC2CCN(CC(N)=O)CC2)c1. The summed E-state index contributed by atoms with van der Waals surface area (Å²) in [6, 6.07) is 7.84. The zero-order valence-electron chi connectivity index (χ0n) is 12.1. The summed E-state index contributed by atoms with van der Waals surface area (Å²) in [6.07, 6.45) is 1.82. The number of likely N-dealkylation sites (tertiary alicyclic amines) is 1. The number of anilines is 1. The third-order valence-corrected chi connectivity index (χ3v) is 3.67. The maximum atomic E-state index is 10.9. The van der Waals surface area contributed by atoms with Gasteiger partial charge in [-0.25, -0.2) is 0 Å². The van der Waals surface area contributed by atoms with E-state index < -0.39 is 0 Å². The van der Waals surface area contributed by atoms with Crippen LogP contribution in [0, 0.1) is 11.3 Å². The first-order valence-corrected chi connectivity index (χ1v) is 6.97. The van der Waals surface area contributed by atoms with Crippen LogP contribution in [0.15, 0.2) is 18.2 Å². The molecule has 1 saturated heterocycles. The first-order valence-electron chi connectivity index (χ1n) is 6.97. The Morgan fingerprint density at radius 3 is 2.81 bits per heavy atom. The van der Waals surface area contributed by atoms with Crippen LogP contribution in [0.3, 0.4) is 0 Å². The highest BCUT2D eigenvalue weighted by atomic mass is 16.5. The maximum absolute atomic E-state index is 10.9. The molecule has 0 aromatic heterocycles. The van der Waals surface area contributed by atoms with Gasteiger partial charge in [0.1, 0.15) is 11.8 Å². The molecule has 0 unspecified atom stereocenters. The molecule has 6 nitrogen and oxygen atoms in total. The van der Waals surface area contributed by atoms with Gasteiger partial charge in [0.2, 0.25) is 5.91 Å². The third kappa shape index (κ3) is 4.10.